The number of carbonyl (C=O) groups is 2. The van der Waals surface area contributed by atoms with E-state index in [1.165, 1.54) is 11.3 Å². The van der Waals surface area contributed by atoms with Gasteiger partial charge in [-0.1, -0.05) is 30.3 Å². The van der Waals surface area contributed by atoms with Gasteiger partial charge in [0.05, 0.1) is 11.4 Å². The van der Waals surface area contributed by atoms with Gasteiger partial charge in [0.2, 0.25) is 0 Å². The lowest BCUT2D eigenvalue weighted by atomic mass is 9.92. The number of anilines is 3. The number of fused-ring (bicyclic) bond motifs is 3. The van der Waals surface area contributed by atoms with Crippen molar-refractivity contribution in [2.24, 2.45) is 0 Å². The van der Waals surface area contributed by atoms with Crippen molar-refractivity contribution in [2.45, 2.75) is 12.8 Å². The molecule has 7 nitrogen and oxygen atoms in total. The number of hydrogen-bond acceptors (Lipinski definition) is 6. The van der Waals surface area contributed by atoms with E-state index >= 15 is 0 Å². The smallest absolute Gasteiger partial charge is 0.287 e. The molecule has 1 unspecified atom stereocenters. The third kappa shape index (κ3) is 4.55. The van der Waals surface area contributed by atoms with Crippen molar-refractivity contribution < 1.29 is 14.7 Å². The third-order valence-corrected chi connectivity index (χ3v) is 8.40. The molecule has 0 fully saturated rings. The van der Waals surface area contributed by atoms with Crippen molar-refractivity contribution in [3.8, 4) is 17.0 Å². The molecule has 200 valence electrons. The fourth-order valence-electron chi connectivity index (χ4n) is 5.20. The predicted molar refractivity (Wildman–Crippen MR) is 162 cm³/mol. The SMILES string of the molecule is Cc1cccc2c(O)cc3c(c12)C(CCl)CN3C(=O)c1nc(-c2ccc(NC(=O)c3ccc(N)cc3)cc2)cs1. The molecule has 6 rings (SSSR count). The molecule has 9 heteroatoms. The van der Waals surface area contributed by atoms with Crippen LogP contribution in [0.3, 0.4) is 0 Å². The first-order valence-electron chi connectivity index (χ1n) is 12.7. The van der Waals surface area contributed by atoms with Gasteiger partial charge < -0.3 is 21.1 Å². The van der Waals surface area contributed by atoms with Crippen LogP contribution < -0.4 is 16.0 Å². The Morgan fingerprint density at radius 2 is 1.88 bits per heavy atom. The fraction of sp³-hybridized carbons (Fsp3) is 0.129. The minimum Gasteiger partial charge on any atom is -0.507 e. The van der Waals surface area contributed by atoms with Crippen molar-refractivity contribution in [3.63, 3.8) is 0 Å². The summed E-state index contributed by atoms with van der Waals surface area (Å²) in [7, 11) is 0. The monoisotopic (exact) mass is 568 g/mol. The molecule has 0 bridgehead atoms. The number of hydrogen-bond donors (Lipinski definition) is 3. The second-order valence-corrected chi connectivity index (χ2v) is 11.0. The number of carbonyl (C=O) groups excluding carboxylic acids is 2. The van der Waals surface area contributed by atoms with Gasteiger partial charge in [0.1, 0.15) is 5.75 Å². The molecule has 2 amide bonds. The lowest BCUT2D eigenvalue weighted by molar-refractivity contribution is 0.0986. The molecule has 0 saturated carbocycles. The summed E-state index contributed by atoms with van der Waals surface area (Å²) in [6.45, 7) is 2.42. The van der Waals surface area contributed by atoms with Crippen LogP contribution in [0.4, 0.5) is 17.1 Å². The Morgan fingerprint density at radius 1 is 1.12 bits per heavy atom. The van der Waals surface area contributed by atoms with Crippen molar-refractivity contribution in [2.75, 3.05) is 28.4 Å². The molecular weight excluding hydrogens is 544 g/mol. The van der Waals surface area contributed by atoms with Crippen molar-refractivity contribution >= 4 is 62.6 Å². The number of thiazole rings is 1. The van der Waals surface area contributed by atoms with Gasteiger partial charge in [-0.25, -0.2) is 4.98 Å². The second-order valence-electron chi connectivity index (χ2n) is 9.78. The van der Waals surface area contributed by atoms with Crippen molar-refractivity contribution in [1.29, 1.82) is 0 Å². The van der Waals surface area contributed by atoms with Crippen LogP contribution in [0, 0.1) is 6.92 Å². The summed E-state index contributed by atoms with van der Waals surface area (Å²) in [5, 5.41) is 17.5. The minimum absolute atomic E-state index is 0.0553. The Hall–Kier alpha value is -4.40. The maximum atomic E-state index is 13.7. The number of phenols is 1. The molecule has 40 heavy (non-hydrogen) atoms. The summed E-state index contributed by atoms with van der Waals surface area (Å²) in [6, 6.07) is 21.5. The number of amides is 2. The highest BCUT2D eigenvalue weighted by atomic mass is 35.5. The van der Waals surface area contributed by atoms with E-state index in [4.69, 9.17) is 17.3 Å². The molecule has 1 aromatic heterocycles. The zero-order valence-corrected chi connectivity index (χ0v) is 23.1. The summed E-state index contributed by atoms with van der Waals surface area (Å²) in [6.07, 6.45) is 0. The van der Waals surface area contributed by atoms with Crippen LogP contribution in [0.25, 0.3) is 22.0 Å². The van der Waals surface area contributed by atoms with Crippen LogP contribution in [0.15, 0.2) is 78.2 Å². The first-order valence-corrected chi connectivity index (χ1v) is 14.1. The summed E-state index contributed by atoms with van der Waals surface area (Å²) < 4.78 is 0. The van der Waals surface area contributed by atoms with Crippen LogP contribution in [0.5, 0.6) is 5.75 Å². The van der Waals surface area contributed by atoms with Crippen LogP contribution in [-0.4, -0.2) is 34.3 Å². The number of nitrogens with one attached hydrogen (secondary N) is 1. The number of benzene rings is 4. The molecule has 1 aliphatic heterocycles. The highest BCUT2D eigenvalue weighted by Gasteiger charge is 2.36. The number of rotatable bonds is 5. The Morgan fingerprint density at radius 3 is 2.60 bits per heavy atom. The molecule has 2 heterocycles. The number of phenolic OH excluding ortho intramolecular Hbond substituents is 1. The summed E-state index contributed by atoms with van der Waals surface area (Å²) >= 11 is 7.64. The van der Waals surface area contributed by atoms with Crippen molar-refractivity contribution in [3.05, 3.63) is 99.9 Å². The van der Waals surface area contributed by atoms with Gasteiger partial charge in [0.25, 0.3) is 11.8 Å². The molecule has 0 saturated heterocycles. The average molecular weight is 569 g/mol. The van der Waals surface area contributed by atoms with Gasteiger partial charge in [0, 0.05) is 57.7 Å². The van der Waals surface area contributed by atoms with E-state index in [-0.39, 0.29) is 23.5 Å². The van der Waals surface area contributed by atoms with Crippen LogP contribution in [-0.2, 0) is 0 Å². The predicted octanol–water partition coefficient (Wildman–Crippen LogP) is 6.79. The van der Waals surface area contributed by atoms with E-state index in [1.54, 1.807) is 47.4 Å². The number of aryl methyl sites for hydroxylation is 1. The van der Waals surface area contributed by atoms with Crippen molar-refractivity contribution in [1.82, 2.24) is 4.98 Å². The maximum absolute atomic E-state index is 13.7. The highest BCUT2D eigenvalue weighted by Crippen LogP contribution is 2.46. The van der Waals surface area contributed by atoms with Gasteiger partial charge >= 0.3 is 0 Å². The third-order valence-electron chi connectivity index (χ3n) is 7.20. The molecule has 0 spiro atoms. The Labute approximate surface area is 239 Å². The molecule has 4 aromatic carbocycles. The summed E-state index contributed by atoms with van der Waals surface area (Å²) in [4.78, 5) is 32.5. The fourth-order valence-corrected chi connectivity index (χ4v) is 6.22. The number of aromatic hydroxyl groups is 1. The first-order chi connectivity index (χ1) is 19.3. The zero-order valence-electron chi connectivity index (χ0n) is 21.5. The lowest BCUT2D eigenvalue weighted by Crippen LogP contribution is -2.30. The van der Waals surface area contributed by atoms with Gasteiger partial charge in [-0.15, -0.1) is 22.9 Å². The number of aromatic nitrogens is 1. The van der Waals surface area contributed by atoms with E-state index < -0.39 is 0 Å². The second kappa shape index (κ2) is 10.3. The largest absolute Gasteiger partial charge is 0.507 e. The van der Waals surface area contributed by atoms with Crippen LogP contribution >= 0.6 is 22.9 Å². The van der Waals surface area contributed by atoms with E-state index in [0.29, 0.717) is 45.8 Å². The molecule has 4 N–H and O–H groups in total. The molecule has 1 aliphatic rings. The maximum Gasteiger partial charge on any atom is 0.287 e. The van der Waals surface area contributed by atoms with Crippen LogP contribution in [0.1, 0.15) is 37.2 Å². The number of nitrogen functional groups attached to an aromatic ring is 1. The average Bonchev–Trinajstić information content (AvgIpc) is 3.59. The minimum atomic E-state index is -0.232. The lowest BCUT2D eigenvalue weighted by Gasteiger charge is -2.17. The number of alkyl halides is 1. The highest BCUT2D eigenvalue weighted by molar-refractivity contribution is 7.12. The topological polar surface area (TPSA) is 109 Å². The Balaban J connectivity index is 1.24. The van der Waals surface area contributed by atoms with Gasteiger partial charge in [-0.05, 0) is 59.8 Å². The molecule has 5 aromatic rings. The van der Waals surface area contributed by atoms with Gasteiger partial charge in [-0.2, -0.15) is 0 Å². The quantitative estimate of drug-likeness (QED) is 0.160. The number of nitrogens with zero attached hydrogens (tertiary/aromatic N) is 2. The molecule has 1 atom stereocenters. The van der Waals surface area contributed by atoms with E-state index in [2.05, 4.69) is 10.3 Å². The zero-order chi connectivity index (χ0) is 28.0. The standard InChI is InChI=1S/C31H25ClN4O3S/c1-17-3-2-4-23-26(37)13-25-28(27(17)23)20(14-32)15-36(25)31(39)30-35-24(16-40-30)18-7-11-22(12-8-18)34-29(38)19-5-9-21(33)10-6-19/h2-13,16,20,37H,14-15,33H2,1H3,(H,34,38). The Bertz CT molecular complexity index is 1770. The van der Waals surface area contributed by atoms with E-state index in [0.717, 1.165) is 27.5 Å². The normalized spacial score (nSPS) is 14.3. The first kappa shape index (κ1) is 25.9. The van der Waals surface area contributed by atoms with E-state index in [9.17, 15) is 14.7 Å². The van der Waals surface area contributed by atoms with Gasteiger partial charge in [-0.3, -0.25) is 9.59 Å². The summed E-state index contributed by atoms with van der Waals surface area (Å²) in [5.74, 6) is -0.0293. The molecule has 0 radical (unpaired) electrons. The Kier molecular flexibility index (Phi) is 6.65. The summed E-state index contributed by atoms with van der Waals surface area (Å²) in [5.41, 5.74) is 11.6. The molecular formula is C31H25ClN4O3S. The number of nitrogens with two attached hydrogens (primary N) is 1. The van der Waals surface area contributed by atoms with Crippen LogP contribution in [0.2, 0.25) is 0 Å². The number of halogens is 1. The van der Waals surface area contributed by atoms with Gasteiger partial charge in [0.15, 0.2) is 5.01 Å². The van der Waals surface area contributed by atoms with E-state index in [1.807, 2.05) is 42.6 Å². The molecule has 0 aliphatic carbocycles.